The molecule has 108 valence electrons. The summed E-state index contributed by atoms with van der Waals surface area (Å²) in [5.74, 6) is -0.719. The van der Waals surface area contributed by atoms with Gasteiger partial charge in [-0.3, -0.25) is 4.31 Å². The smallest absolute Gasteiger partial charge is 0.328 e. The van der Waals surface area contributed by atoms with E-state index in [1.54, 1.807) is 18.2 Å². The molecule has 6 heteroatoms. The molecule has 1 unspecified atom stereocenters. The molecule has 1 heterocycles. The molecule has 1 fully saturated rings. The van der Waals surface area contributed by atoms with E-state index in [-0.39, 0.29) is 11.7 Å². The lowest BCUT2D eigenvalue weighted by Gasteiger charge is -2.18. The van der Waals surface area contributed by atoms with E-state index >= 15 is 0 Å². The molecule has 1 aliphatic rings. The maximum atomic E-state index is 12.0. The van der Waals surface area contributed by atoms with Crippen LogP contribution < -0.4 is 4.31 Å². The van der Waals surface area contributed by atoms with Gasteiger partial charge in [0, 0.05) is 12.6 Å². The van der Waals surface area contributed by atoms with E-state index in [1.807, 2.05) is 13.8 Å². The lowest BCUT2D eigenvalue weighted by molar-refractivity contribution is -0.131. The molecule has 5 nitrogen and oxygen atoms in total. The average molecular weight is 295 g/mol. The van der Waals surface area contributed by atoms with E-state index in [0.29, 0.717) is 12.2 Å². The summed E-state index contributed by atoms with van der Waals surface area (Å²) in [6.07, 6.45) is 2.57. The van der Waals surface area contributed by atoms with Crippen LogP contribution >= 0.6 is 0 Å². The second kappa shape index (κ2) is 5.28. The average Bonchev–Trinajstić information content (AvgIpc) is 2.60. The van der Waals surface area contributed by atoms with Gasteiger partial charge in [-0.1, -0.05) is 13.0 Å². The molecule has 0 saturated carbocycles. The number of carboxylic acid groups (broad SMARTS) is 1. The normalized spacial score (nSPS) is 21.5. The highest BCUT2D eigenvalue weighted by Gasteiger charge is 2.33. The van der Waals surface area contributed by atoms with Crippen molar-refractivity contribution in [3.63, 3.8) is 0 Å². The predicted octanol–water partition coefficient (Wildman–Crippen LogP) is 1.88. The van der Waals surface area contributed by atoms with Gasteiger partial charge in [-0.2, -0.15) is 0 Å². The summed E-state index contributed by atoms with van der Waals surface area (Å²) in [4.78, 5) is 10.5. The number of benzene rings is 1. The Hall–Kier alpha value is -1.82. The van der Waals surface area contributed by atoms with Gasteiger partial charge in [-0.25, -0.2) is 13.2 Å². The standard InChI is InChI=1S/C14H17NO4S/c1-10-8-15(20(18,19)9-10)13-5-3-12(11(2)7-13)4-6-14(16)17/h3-7,10H,8-9H2,1-2H3,(H,16,17). The zero-order valence-electron chi connectivity index (χ0n) is 11.4. The number of sulfonamides is 1. The monoisotopic (exact) mass is 295 g/mol. The van der Waals surface area contributed by atoms with E-state index in [4.69, 9.17) is 5.11 Å². The number of rotatable bonds is 3. The molecular formula is C14H17NO4S. The van der Waals surface area contributed by atoms with Gasteiger partial charge in [0.25, 0.3) is 0 Å². The van der Waals surface area contributed by atoms with Gasteiger partial charge in [0.05, 0.1) is 11.4 Å². The molecule has 1 aromatic rings. The predicted molar refractivity (Wildman–Crippen MR) is 78.1 cm³/mol. The van der Waals surface area contributed by atoms with Crippen LogP contribution in [0.5, 0.6) is 0 Å². The van der Waals surface area contributed by atoms with Gasteiger partial charge in [-0.15, -0.1) is 0 Å². The first-order chi connectivity index (χ1) is 9.29. The molecule has 1 aliphatic heterocycles. The third-order valence-electron chi connectivity index (χ3n) is 3.26. The van der Waals surface area contributed by atoms with E-state index < -0.39 is 16.0 Å². The zero-order valence-corrected chi connectivity index (χ0v) is 12.2. The second-order valence-corrected chi connectivity index (χ2v) is 7.07. The lowest BCUT2D eigenvalue weighted by atomic mass is 10.1. The van der Waals surface area contributed by atoms with Gasteiger partial charge in [0.1, 0.15) is 0 Å². The Balaban J connectivity index is 2.32. The number of hydrogen-bond donors (Lipinski definition) is 1. The van der Waals surface area contributed by atoms with Crippen molar-refractivity contribution in [3.8, 4) is 0 Å². The van der Waals surface area contributed by atoms with E-state index in [9.17, 15) is 13.2 Å². The molecule has 20 heavy (non-hydrogen) atoms. The van der Waals surface area contributed by atoms with Crippen LogP contribution in [0, 0.1) is 12.8 Å². The quantitative estimate of drug-likeness (QED) is 0.864. The van der Waals surface area contributed by atoms with Gasteiger partial charge in [0.2, 0.25) is 10.0 Å². The topological polar surface area (TPSA) is 74.7 Å². The molecule has 0 radical (unpaired) electrons. The molecule has 2 rings (SSSR count). The largest absolute Gasteiger partial charge is 0.478 e. The van der Waals surface area contributed by atoms with Gasteiger partial charge < -0.3 is 5.11 Å². The number of hydrogen-bond acceptors (Lipinski definition) is 3. The molecule has 1 atom stereocenters. The highest BCUT2D eigenvalue weighted by atomic mass is 32.2. The highest BCUT2D eigenvalue weighted by Crippen LogP contribution is 2.28. The fourth-order valence-electron chi connectivity index (χ4n) is 2.33. The van der Waals surface area contributed by atoms with Crippen molar-refractivity contribution >= 4 is 27.8 Å². The summed E-state index contributed by atoms with van der Waals surface area (Å²) in [5, 5.41) is 8.62. The number of aliphatic carboxylic acids is 1. The van der Waals surface area contributed by atoms with E-state index in [1.165, 1.54) is 10.4 Å². The van der Waals surface area contributed by atoms with Crippen LogP contribution in [0.25, 0.3) is 6.08 Å². The molecule has 0 bridgehead atoms. The molecule has 1 N–H and O–H groups in total. The van der Waals surface area contributed by atoms with Crippen LogP contribution in [0.1, 0.15) is 18.1 Å². The van der Waals surface area contributed by atoms with Crippen LogP contribution in [0.4, 0.5) is 5.69 Å². The molecule has 0 aromatic heterocycles. The first-order valence-electron chi connectivity index (χ1n) is 6.31. The fraction of sp³-hybridized carbons (Fsp3) is 0.357. The molecule has 1 aromatic carbocycles. The number of carboxylic acids is 1. The minimum absolute atomic E-state index is 0.117. The SMILES string of the molecule is Cc1cc(N2CC(C)CS2(=O)=O)ccc1C=CC(=O)O. The number of nitrogens with zero attached hydrogens (tertiary/aromatic N) is 1. The number of aryl methyl sites for hydroxylation is 1. The summed E-state index contributed by atoms with van der Waals surface area (Å²) in [5.41, 5.74) is 2.25. The first-order valence-corrected chi connectivity index (χ1v) is 7.92. The molecule has 1 saturated heterocycles. The van der Waals surface area contributed by atoms with Gasteiger partial charge in [-0.05, 0) is 42.2 Å². The fourth-order valence-corrected chi connectivity index (χ4v) is 4.25. The van der Waals surface area contributed by atoms with Crippen molar-refractivity contribution in [2.24, 2.45) is 5.92 Å². The Morgan fingerprint density at radius 1 is 1.45 bits per heavy atom. The first kappa shape index (κ1) is 14.6. The van der Waals surface area contributed by atoms with Crippen molar-refractivity contribution in [3.05, 3.63) is 35.4 Å². The summed E-state index contributed by atoms with van der Waals surface area (Å²) >= 11 is 0. The van der Waals surface area contributed by atoms with Crippen molar-refractivity contribution in [1.82, 2.24) is 0 Å². The number of carbonyl (C=O) groups is 1. The van der Waals surface area contributed by atoms with Crippen LogP contribution in [-0.2, 0) is 14.8 Å². The van der Waals surface area contributed by atoms with Crippen LogP contribution in [0.2, 0.25) is 0 Å². The minimum atomic E-state index is -3.22. The number of anilines is 1. The zero-order chi connectivity index (χ0) is 14.9. The Morgan fingerprint density at radius 2 is 2.15 bits per heavy atom. The van der Waals surface area contributed by atoms with E-state index in [0.717, 1.165) is 17.2 Å². The second-order valence-electron chi connectivity index (χ2n) is 5.13. The van der Waals surface area contributed by atoms with Crippen molar-refractivity contribution in [2.45, 2.75) is 13.8 Å². The Bertz CT molecular complexity index is 664. The molecule has 0 spiro atoms. The summed E-state index contributed by atoms with van der Waals surface area (Å²) in [7, 11) is -3.22. The van der Waals surface area contributed by atoms with Gasteiger partial charge in [0.15, 0.2) is 0 Å². The third kappa shape index (κ3) is 3.01. The van der Waals surface area contributed by atoms with E-state index in [2.05, 4.69) is 0 Å². The van der Waals surface area contributed by atoms with Crippen molar-refractivity contribution < 1.29 is 18.3 Å². The van der Waals surface area contributed by atoms with Crippen molar-refractivity contribution in [2.75, 3.05) is 16.6 Å². The van der Waals surface area contributed by atoms with Gasteiger partial charge >= 0.3 is 5.97 Å². The third-order valence-corrected chi connectivity index (χ3v) is 5.28. The molecular weight excluding hydrogens is 278 g/mol. The van der Waals surface area contributed by atoms with Crippen molar-refractivity contribution in [1.29, 1.82) is 0 Å². The van der Waals surface area contributed by atoms with Crippen LogP contribution in [0.15, 0.2) is 24.3 Å². The summed E-state index contributed by atoms with van der Waals surface area (Å²) in [6, 6.07) is 5.23. The summed E-state index contributed by atoms with van der Waals surface area (Å²) < 4.78 is 25.5. The highest BCUT2D eigenvalue weighted by molar-refractivity contribution is 7.93. The Labute approximate surface area is 118 Å². The maximum Gasteiger partial charge on any atom is 0.328 e. The molecule has 0 amide bonds. The Kier molecular flexibility index (Phi) is 3.85. The molecule has 0 aliphatic carbocycles. The lowest BCUT2D eigenvalue weighted by Crippen LogP contribution is -2.25. The summed E-state index contributed by atoms with van der Waals surface area (Å²) in [6.45, 7) is 4.23. The van der Waals surface area contributed by atoms with Crippen LogP contribution in [0.3, 0.4) is 0 Å². The van der Waals surface area contributed by atoms with Crippen LogP contribution in [-0.4, -0.2) is 31.8 Å². The maximum absolute atomic E-state index is 12.0. The minimum Gasteiger partial charge on any atom is -0.478 e. The Morgan fingerprint density at radius 3 is 2.65 bits per heavy atom.